The molecule has 3 N–H and O–H groups in total. The fourth-order valence-corrected chi connectivity index (χ4v) is 6.75. The van der Waals surface area contributed by atoms with E-state index in [1.165, 1.54) is 29.5 Å². The first-order chi connectivity index (χ1) is 16.2. The molecule has 2 heterocycles. The monoisotopic (exact) mass is 534 g/mol. The number of hydrogen-bond donors (Lipinski definition) is 3. The lowest BCUT2D eigenvalue weighted by atomic mass is 10.0. The van der Waals surface area contributed by atoms with E-state index in [2.05, 4.69) is 15.8 Å². The zero-order valence-electron chi connectivity index (χ0n) is 17.6. The molecule has 8 nitrogen and oxygen atoms in total. The number of nitrogens with zero attached hydrogens (tertiary/aromatic N) is 1. The van der Waals surface area contributed by atoms with Gasteiger partial charge in [-0.05, 0) is 47.2 Å². The van der Waals surface area contributed by atoms with Crippen molar-refractivity contribution in [2.75, 3.05) is 4.72 Å². The molecule has 0 aliphatic carbocycles. The van der Waals surface area contributed by atoms with Crippen LogP contribution in [0.1, 0.15) is 22.9 Å². The van der Waals surface area contributed by atoms with Gasteiger partial charge in [-0.2, -0.15) is 8.42 Å². The lowest BCUT2D eigenvalue weighted by molar-refractivity contribution is 0.489. The van der Waals surface area contributed by atoms with Crippen molar-refractivity contribution in [3.8, 4) is 9.88 Å². The van der Waals surface area contributed by atoms with E-state index in [1.807, 2.05) is 33.7 Å². The minimum atomic E-state index is -4.44. The molecule has 34 heavy (non-hydrogen) atoms. The summed E-state index contributed by atoms with van der Waals surface area (Å²) in [4.78, 5) is 5.64. The van der Waals surface area contributed by atoms with Crippen LogP contribution in [0.2, 0.25) is 0 Å². The average Bonchev–Trinajstić information content (AvgIpc) is 3.45. The van der Waals surface area contributed by atoms with E-state index < -0.39 is 26.4 Å². The number of aromatic nitrogens is 1. The van der Waals surface area contributed by atoms with E-state index in [0.717, 1.165) is 9.88 Å². The Morgan fingerprint density at radius 1 is 1.03 bits per heavy atom. The summed E-state index contributed by atoms with van der Waals surface area (Å²) in [5, 5.41) is 4.53. The Hall–Kier alpha value is -2.61. The Bertz CT molecular complexity index is 1450. The molecule has 4 rings (SSSR count). The maximum atomic E-state index is 13.0. The summed E-state index contributed by atoms with van der Waals surface area (Å²) in [7, 11) is -8.18. The van der Waals surface area contributed by atoms with Crippen molar-refractivity contribution in [3.63, 3.8) is 0 Å². The molecular formula is C22H20N3O5S4. The number of thiophene rings is 1. The number of thiazole rings is 1. The predicted molar refractivity (Wildman–Crippen MR) is 135 cm³/mol. The van der Waals surface area contributed by atoms with Crippen LogP contribution in [0.15, 0.2) is 71.4 Å². The molecule has 177 valence electrons. The topological polar surface area (TPSA) is 125 Å². The largest absolute Gasteiger partial charge is 0.357 e. The van der Waals surface area contributed by atoms with Crippen molar-refractivity contribution in [3.05, 3.63) is 94.3 Å². The van der Waals surface area contributed by atoms with E-state index in [1.54, 1.807) is 35.6 Å². The molecule has 0 aliphatic rings. The highest BCUT2D eigenvalue weighted by molar-refractivity contribution is 7.88. The summed E-state index contributed by atoms with van der Waals surface area (Å²) in [6.07, 6.45) is 0.169. The lowest BCUT2D eigenvalue weighted by Crippen LogP contribution is -2.31. The van der Waals surface area contributed by atoms with E-state index in [0.29, 0.717) is 16.8 Å². The molecular weight excluding hydrogens is 515 g/mol. The lowest BCUT2D eigenvalue weighted by Gasteiger charge is -2.18. The van der Waals surface area contributed by atoms with Gasteiger partial charge in [-0.15, -0.1) is 22.7 Å². The SMILES string of the molecule is O=S(=O)(O)Nc1cc[c]c(CC(NS(=O)(=O)Cc2ccccc2)c2csc(-c3cccs3)n2)c1. The van der Waals surface area contributed by atoms with Crippen molar-refractivity contribution in [1.82, 2.24) is 9.71 Å². The molecule has 0 saturated carbocycles. The summed E-state index contributed by atoms with van der Waals surface area (Å²) in [6, 6.07) is 19.4. The smallest absolute Gasteiger partial charge is 0.269 e. The third-order valence-corrected chi connectivity index (χ3v) is 8.41. The van der Waals surface area contributed by atoms with Crippen LogP contribution in [-0.4, -0.2) is 26.4 Å². The molecule has 0 amide bonds. The maximum absolute atomic E-state index is 13.0. The summed E-state index contributed by atoms with van der Waals surface area (Å²) in [5.41, 5.74) is 1.87. The minimum absolute atomic E-state index is 0.139. The van der Waals surface area contributed by atoms with Gasteiger partial charge in [0.1, 0.15) is 5.01 Å². The van der Waals surface area contributed by atoms with Crippen molar-refractivity contribution < 1.29 is 21.4 Å². The molecule has 4 aromatic rings. The molecule has 1 radical (unpaired) electrons. The molecule has 12 heteroatoms. The van der Waals surface area contributed by atoms with Crippen LogP contribution in [0.25, 0.3) is 9.88 Å². The number of rotatable bonds is 10. The number of hydrogen-bond acceptors (Lipinski definition) is 7. The van der Waals surface area contributed by atoms with Gasteiger partial charge in [0.2, 0.25) is 10.0 Å². The second kappa shape index (κ2) is 10.3. The van der Waals surface area contributed by atoms with Crippen LogP contribution < -0.4 is 9.44 Å². The first kappa shape index (κ1) is 24.5. The van der Waals surface area contributed by atoms with E-state index in [9.17, 15) is 16.8 Å². The summed E-state index contributed by atoms with van der Waals surface area (Å²) < 4.78 is 62.1. The zero-order chi connectivity index (χ0) is 24.2. The maximum Gasteiger partial charge on any atom is 0.357 e. The predicted octanol–water partition coefficient (Wildman–Crippen LogP) is 4.29. The van der Waals surface area contributed by atoms with Gasteiger partial charge in [-0.3, -0.25) is 9.27 Å². The van der Waals surface area contributed by atoms with Gasteiger partial charge >= 0.3 is 10.3 Å². The van der Waals surface area contributed by atoms with Gasteiger partial charge in [0.05, 0.1) is 28.1 Å². The fourth-order valence-electron chi connectivity index (χ4n) is 3.28. The van der Waals surface area contributed by atoms with Crippen molar-refractivity contribution in [1.29, 1.82) is 0 Å². The second-order valence-electron chi connectivity index (χ2n) is 7.35. The highest BCUT2D eigenvalue weighted by atomic mass is 32.2. The third-order valence-electron chi connectivity index (χ3n) is 4.66. The van der Waals surface area contributed by atoms with E-state index >= 15 is 0 Å². The first-order valence-corrected chi connectivity index (χ1v) is 14.8. The Morgan fingerprint density at radius 2 is 1.82 bits per heavy atom. The van der Waals surface area contributed by atoms with Gasteiger partial charge in [0, 0.05) is 5.38 Å². The van der Waals surface area contributed by atoms with Crippen LogP contribution in [0, 0.1) is 6.07 Å². The summed E-state index contributed by atoms with van der Waals surface area (Å²) >= 11 is 2.96. The van der Waals surface area contributed by atoms with Crippen LogP contribution in [0.4, 0.5) is 5.69 Å². The number of nitrogens with one attached hydrogen (secondary N) is 2. The van der Waals surface area contributed by atoms with Gasteiger partial charge in [0.25, 0.3) is 0 Å². The highest BCUT2D eigenvalue weighted by Crippen LogP contribution is 2.31. The number of sulfonamides is 1. The number of benzene rings is 2. The molecule has 0 aliphatic heterocycles. The Morgan fingerprint density at radius 3 is 2.53 bits per heavy atom. The summed E-state index contributed by atoms with van der Waals surface area (Å²) in [6.45, 7) is 0. The normalized spacial score (nSPS) is 13.0. The zero-order valence-corrected chi connectivity index (χ0v) is 20.8. The average molecular weight is 535 g/mol. The molecule has 0 spiro atoms. The molecule has 2 aromatic carbocycles. The van der Waals surface area contributed by atoms with Crippen molar-refractivity contribution >= 4 is 48.7 Å². The van der Waals surface area contributed by atoms with Gasteiger partial charge in [-0.1, -0.05) is 42.5 Å². The molecule has 2 aromatic heterocycles. The van der Waals surface area contributed by atoms with Crippen LogP contribution in [0.5, 0.6) is 0 Å². The minimum Gasteiger partial charge on any atom is -0.269 e. The van der Waals surface area contributed by atoms with Crippen molar-refractivity contribution in [2.24, 2.45) is 0 Å². The fraction of sp³-hybridized carbons (Fsp3) is 0.136. The van der Waals surface area contributed by atoms with Crippen LogP contribution in [-0.2, 0) is 32.5 Å². The van der Waals surface area contributed by atoms with Gasteiger partial charge < -0.3 is 0 Å². The molecule has 1 unspecified atom stereocenters. The Balaban J connectivity index is 1.62. The molecule has 0 fully saturated rings. The second-order valence-corrected chi connectivity index (χ2v) is 12.1. The highest BCUT2D eigenvalue weighted by Gasteiger charge is 2.23. The third kappa shape index (κ3) is 6.95. The van der Waals surface area contributed by atoms with E-state index in [-0.39, 0.29) is 17.9 Å². The standard InChI is InChI=1S/C22H20N3O5S4/c26-33(27,15-16-6-2-1-3-7-16)25-19(20-14-32-22(23-20)21-10-5-11-31-21)13-17-8-4-9-18(12-17)24-34(28,29)30/h1-7,9-12,14,19,24-25H,13,15H2,(H,28,29,30). The van der Waals surface area contributed by atoms with Crippen LogP contribution >= 0.6 is 22.7 Å². The Labute approximate surface area is 206 Å². The first-order valence-electron chi connectivity index (χ1n) is 9.96. The quantitative estimate of drug-likeness (QED) is 0.261. The molecule has 0 bridgehead atoms. The van der Waals surface area contributed by atoms with Gasteiger partial charge in [-0.25, -0.2) is 18.1 Å². The Kier molecular flexibility index (Phi) is 7.45. The summed E-state index contributed by atoms with van der Waals surface area (Å²) in [5.74, 6) is -0.194. The molecule has 1 atom stereocenters. The van der Waals surface area contributed by atoms with Crippen LogP contribution in [0.3, 0.4) is 0 Å². The molecule has 0 saturated heterocycles. The van der Waals surface area contributed by atoms with E-state index in [4.69, 9.17) is 4.55 Å². The number of anilines is 1. The van der Waals surface area contributed by atoms with Gasteiger partial charge in [0.15, 0.2) is 0 Å². The van der Waals surface area contributed by atoms with Crippen molar-refractivity contribution in [2.45, 2.75) is 18.2 Å².